The molecule has 27 heavy (non-hydrogen) atoms. The molecule has 1 aliphatic heterocycles. The Hall–Kier alpha value is -1.95. The van der Waals surface area contributed by atoms with Gasteiger partial charge in [-0.3, -0.25) is 4.79 Å². The third-order valence-electron chi connectivity index (χ3n) is 4.81. The zero-order chi connectivity index (χ0) is 19.6. The van der Waals surface area contributed by atoms with Crippen LogP contribution in [0.4, 0.5) is 0 Å². The summed E-state index contributed by atoms with van der Waals surface area (Å²) in [6.07, 6.45) is 8.92. The normalized spacial score (nSPS) is 19.3. The Balaban J connectivity index is 1.98. The third kappa shape index (κ3) is 4.32. The van der Waals surface area contributed by atoms with E-state index in [0.717, 1.165) is 16.6 Å². The second kappa shape index (κ2) is 7.97. The molecule has 0 N–H and O–H groups in total. The first-order valence-corrected chi connectivity index (χ1v) is 11.6. The standard InChI is InChI=1S/C19H23N3O3S2/c1-4-10-22-16-9-8-14(5-2)12-17(16)26-19(22)20-18(23)15-7-6-11-21(13-15)27(3,24)25/h1,8-9,12,15H,5-7,10-11,13H2,2-3H3/t15-/m1/s1. The fraction of sp³-hybridized carbons (Fsp3) is 0.474. The first-order chi connectivity index (χ1) is 12.8. The summed E-state index contributed by atoms with van der Waals surface area (Å²) in [6, 6.07) is 6.17. The van der Waals surface area contributed by atoms with Crippen molar-refractivity contribution in [2.75, 3.05) is 19.3 Å². The van der Waals surface area contributed by atoms with Crippen LogP contribution < -0.4 is 4.80 Å². The number of carbonyl (C=O) groups excluding carboxylic acids is 1. The third-order valence-corrected chi connectivity index (χ3v) is 7.12. The molecule has 0 radical (unpaired) electrons. The van der Waals surface area contributed by atoms with E-state index < -0.39 is 15.9 Å². The Labute approximate surface area is 163 Å². The number of nitrogens with zero attached hydrogens (tertiary/aromatic N) is 3. The molecule has 2 heterocycles. The number of piperidine rings is 1. The van der Waals surface area contributed by atoms with Gasteiger partial charge in [0.1, 0.15) is 0 Å². The number of aromatic nitrogens is 1. The van der Waals surface area contributed by atoms with E-state index >= 15 is 0 Å². The molecular weight excluding hydrogens is 382 g/mol. The highest BCUT2D eigenvalue weighted by molar-refractivity contribution is 7.88. The minimum Gasteiger partial charge on any atom is -0.305 e. The Bertz CT molecular complexity index is 1070. The molecule has 8 heteroatoms. The number of hydrogen-bond donors (Lipinski definition) is 0. The van der Waals surface area contributed by atoms with Gasteiger partial charge in [0.15, 0.2) is 4.80 Å². The Morgan fingerprint density at radius 3 is 2.89 bits per heavy atom. The van der Waals surface area contributed by atoms with E-state index in [9.17, 15) is 13.2 Å². The van der Waals surface area contributed by atoms with Crippen molar-refractivity contribution in [1.29, 1.82) is 0 Å². The number of hydrogen-bond acceptors (Lipinski definition) is 4. The first-order valence-electron chi connectivity index (χ1n) is 8.93. The van der Waals surface area contributed by atoms with Gasteiger partial charge in [0.25, 0.3) is 5.91 Å². The molecule has 0 unspecified atom stereocenters. The van der Waals surface area contributed by atoms with E-state index in [4.69, 9.17) is 6.42 Å². The molecule has 6 nitrogen and oxygen atoms in total. The van der Waals surface area contributed by atoms with E-state index in [1.165, 1.54) is 27.5 Å². The number of terminal acetylenes is 1. The van der Waals surface area contributed by atoms with Gasteiger partial charge in [-0.25, -0.2) is 12.7 Å². The highest BCUT2D eigenvalue weighted by atomic mass is 32.2. The number of aryl methyl sites for hydroxylation is 1. The van der Waals surface area contributed by atoms with Crippen LogP contribution in [0, 0.1) is 18.3 Å². The van der Waals surface area contributed by atoms with Gasteiger partial charge < -0.3 is 4.57 Å². The van der Waals surface area contributed by atoms with Gasteiger partial charge in [-0.15, -0.1) is 6.42 Å². The molecule has 1 aromatic carbocycles. The smallest absolute Gasteiger partial charge is 0.252 e. The van der Waals surface area contributed by atoms with E-state index in [1.54, 1.807) is 0 Å². The minimum atomic E-state index is -3.30. The zero-order valence-electron chi connectivity index (χ0n) is 15.5. The summed E-state index contributed by atoms with van der Waals surface area (Å²) < 4.78 is 27.9. The van der Waals surface area contributed by atoms with E-state index in [2.05, 4.69) is 30.0 Å². The molecule has 1 aliphatic rings. The predicted octanol–water partition coefficient (Wildman–Crippen LogP) is 2.00. The average molecular weight is 406 g/mol. The lowest BCUT2D eigenvalue weighted by atomic mass is 9.99. The Morgan fingerprint density at radius 2 is 2.22 bits per heavy atom. The second-order valence-corrected chi connectivity index (χ2v) is 9.73. The zero-order valence-corrected chi connectivity index (χ0v) is 17.1. The van der Waals surface area contributed by atoms with Crippen LogP contribution in [-0.4, -0.2) is 42.5 Å². The first kappa shape index (κ1) is 19.8. The van der Waals surface area contributed by atoms with Gasteiger partial charge in [-0.1, -0.05) is 30.2 Å². The van der Waals surface area contributed by atoms with Gasteiger partial charge in [0, 0.05) is 13.1 Å². The second-order valence-electron chi connectivity index (χ2n) is 6.74. The molecule has 2 aromatic rings. The van der Waals surface area contributed by atoms with Crippen LogP contribution in [0.3, 0.4) is 0 Å². The topological polar surface area (TPSA) is 71.7 Å². The molecule has 0 saturated carbocycles. The van der Waals surface area contributed by atoms with Crippen molar-refractivity contribution in [3.05, 3.63) is 28.6 Å². The van der Waals surface area contributed by atoms with Crippen LogP contribution in [0.1, 0.15) is 25.3 Å². The van der Waals surface area contributed by atoms with Crippen molar-refractivity contribution in [1.82, 2.24) is 8.87 Å². The SMILES string of the molecule is C#CCn1c(=NC(=O)[C@@H]2CCCN(S(C)(=O)=O)C2)sc2cc(CC)ccc21. The molecule has 1 saturated heterocycles. The molecule has 0 aliphatic carbocycles. The summed E-state index contributed by atoms with van der Waals surface area (Å²) in [5.74, 6) is 1.93. The number of fused-ring (bicyclic) bond motifs is 1. The number of rotatable bonds is 4. The largest absolute Gasteiger partial charge is 0.305 e. The van der Waals surface area contributed by atoms with E-state index in [1.807, 2.05) is 10.6 Å². The van der Waals surface area contributed by atoms with Crippen LogP contribution in [-0.2, 0) is 27.8 Å². The van der Waals surface area contributed by atoms with Gasteiger partial charge in [0.2, 0.25) is 10.0 Å². The summed E-state index contributed by atoms with van der Waals surface area (Å²) in [4.78, 5) is 17.7. The maximum Gasteiger partial charge on any atom is 0.252 e. The Morgan fingerprint density at radius 1 is 1.44 bits per heavy atom. The molecular formula is C19H23N3O3S2. The van der Waals surface area contributed by atoms with E-state index in [0.29, 0.717) is 30.7 Å². The van der Waals surface area contributed by atoms with Crippen molar-refractivity contribution in [2.45, 2.75) is 32.7 Å². The fourth-order valence-electron chi connectivity index (χ4n) is 3.30. The van der Waals surface area contributed by atoms with Crippen LogP contribution in [0.25, 0.3) is 10.2 Å². The van der Waals surface area contributed by atoms with Gasteiger partial charge in [-0.05, 0) is 37.0 Å². The van der Waals surface area contributed by atoms with Crippen LogP contribution in [0.15, 0.2) is 23.2 Å². The molecule has 0 spiro atoms. The van der Waals surface area contributed by atoms with Crippen molar-refractivity contribution in [2.24, 2.45) is 10.9 Å². The molecule has 0 bridgehead atoms. The number of benzene rings is 1. The molecule has 3 rings (SSSR count). The summed E-state index contributed by atoms with van der Waals surface area (Å²) in [5.41, 5.74) is 2.17. The summed E-state index contributed by atoms with van der Waals surface area (Å²) in [5, 5.41) is 0. The highest BCUT2D eigenvalue weighted by Gasteiger charge is 2.30. The fourth-order valence-corrected chi connectivity index (χ4v) is 5.31. The van der Waals surface area contributed by atoms with Crippen LogP contribution in [0.2, 0.25) is 0 Å². The molecule has 1 aromatic heterocycles. The summed E-state index contributed by atoms with van der Waals surface area (Å²) >= 11 is 1.44. The van der Waals surface area contributed by atoms with E-state index in [-0.39, 0.29) is 12.5 Å². The molecule has 1 atom stereocenters. The lowest BCUT2D eigenvalue weighted by Crippen LogP contribution is -2.41. The monoisotopic (exact) mass is 405 g/mol. The van der Waals surface area contributed by atoms with Gasteiger partial charge in [0.05, 0.1) is 28.9 Å². The van der Waals surface area contributed by atoms with Gasteiger partial charge >= 0.3 is 0 Å². The number of amides is 1. The summed E-state index contributed by atoms with van der Waals surface area (Å²) in [6.45, 7) is 3.08. The van der Waals surface area contributed by atoms with Crippen LogP contribution in [0.5, 0.6) is 0 Å². The lowest BCUT2D eigenvalue weighted by Gasteiger charge is -2.28. The maximum absolute atomic E-state index is 12.7. The van der Waals surface area contributed by atoms with Crippen molar-refractivity contribution >= 4 is 37.5 Å². The summed E-state index contributed by atoms with van der Waals surface area (Å²) in [7, 11) is -3.30. The van der Waals surface area contributed by atoms with Crippen LogP contribution >= 0.6 is 11.3 Å². The minimum absolute atomic E-state index is 0.196. The number of sulfonamides is 1. The number of carbonyl (C=O) groups is 1. The quantitative estimate of drug-likeness (QED) is 0.731. The van der Waals surface area contributed by atoms with Crippen molar-refractivity contribution in [3.63, 3.8) is 0 Å². The van der Waals surface area contributed by atoms with Gasteiger partial charge in [-0.2, -0.15) is 4.99 Å². The lowest BCUT2D eigenvalue weighted by molar-refractivity contribution is -0.122. The average Bonchev–Trinajstić information content (AvgIpc) is 2.97. The maximum atomic E-state index is 12.7. The highest BCUT2D eigenvalue weighted by Crippen LogP contribution is 2.22. The number of thiazole rings is 1. The predicted molar refractivity (Wildman–Crippen MR) is 108 cm³/mol. The van der Waals surface area contributed by atoms with Crippen molar-refractivity contribution in [3.8, 4) is 12.3 Å². The molecule has 1 amide bonds. The Kier molecular flexibility index (Phi) is 5.84. The molecule has 1 fully saturated rings. The van der Waals surface area contributed by atoms with Crippen molar-refractivity contribution < 1.29 is 13.2 Å². The molecule has 144 valence electrons.